The zero-order valence-electron chi connectivity index (χ0n) is 15.1. The van der Waals surface area contributed by atoms with Gasteiger partial charge in [-0.15, -0.1) is 0 Å². The van der Waals surface area contributed by atoms with Crippen LogP contribution < -0.4 is 5.32 Å². The van der Waals surface area contributed by atoms with Crippen LogP contribution in [-0.2, 0) is 14.8 Å². The van der Waals surface area contributed by atoms with E-state index in [0.29, 0.717) is 6.42 Å². The fourth-order valence-corrected chi connectivity index (χ4v) is 3.68. The minimum Gasteiger partial charge on any atom is -0.326 e. The predicted octanol–water partition coefficient (Wildman–Crippen LogP) is 3.48. The minimum atomic E-state index is -3.69. The molecule has 0 aliphatic heterocycles. The van der Waals surface area contributed by atoms with Gasteiger partial charge in [-0.2, -0.15) is 0 Å². The zero-order valence-corrected chi connectivity index (χ0v) is 15.9. The van der Waals surface area contributed by atoms with Crippen molar-refractivity contribution in [2.45, 2.75) is 31.6 Å². The summed E-state index contributed by atoms with van der Waals surface area (Å²) in [4.78, 5) is 12.1. The molecule has 0 spiro atoms. The molecule has 1 N–H and O–H groups in total. The van der Waals surface area contributed by atoms with Gasteiger partial charge in [0.1, 0.15) is 5.82 Å². The minimum absolute atomic E-state index is 0.0289. The highest BCUT2D eigenvalue weighted by molar-refractivity contribution is 7.89. The summed E-state index contributed by atoms with van der Waals surface area (Å²) >= 11 is 0. The maximum Gasteiger partial charge on any atom is 0.242 e. The predicted molar refractivity (Wildman–Crippen MR) is 100.0 cm³/mol. The number of hydrogen-bond acceptors (Lipinski definition) is 3. The van der Waals surface area contributed by atoms with E-state index in [1.54, 1.807) is 0 Å². The van der Waals surface area contributed by atoms with Gasteiger partial charge >= 0.3 is 0 Å². The second-order valence-corrected chi connectivity index (χ2v) is 8.22. The number of amides is 1. The Hall–Kier alpha value is -2.25. The van der Waals surface area contributed by atoms with Crippen LogP contribution in [0.1, 0.15) is 24.0 Å². The topological polar surface area (TPSA) is 66.5 Å². The molecule has 0 aliphatic carbocycles. The third-order valence-corrected chi connectivity index (χ3v) is 6.15. The summed E-state index contributed by atoms with van der Waals surface area (Å²) < 4.78 is 38.9. The molecular weight excluding hydrogens is 355 g/mol. The lowest BCUT2D eigenvalue weighted by Crippen LogP contribution is -2.28. The molecule has 0 aliphatic rings. The Balaban J connectivity index is 1.89. The van der Waals surface area contributed by atoms with E-state index < -0.39 is 15.8 Å². The highest BCUT2D eigenvalue weighted by Gasteiger charge is 2.20. The average Bonchev–Trinajstić information content (AvgIpc) is 2.59. The van der Waals surface area contributed by atoms with Gasteiger partial charge in [0.25, 0.3) is 0 Å². The number of hydrogen-bond donors (Lipinski definition) is 1. The van der Waals surface area contributed by atoms with Gasteiger partial charge in [0.05, 0.1) is 4.90 Å². The standard InChI is InChI=1S/C19H23FN2O3S/c1-14-6-4-7-18(15(14)2)21-19(23)8-5-13-22(3)26(24,25)17-11-9-16(20)10-12-17/h4,6-7,9-12H,5,8,13H2,1-3H3,(H,21,23). The molecule has 0 bridgehead atoms. The first kappa shape index (κ1) is 20.1. The van der Waals surface area contributed by atoms with E-state index in [9.17, 15) is 17.6 Å². The molecule has 0 saturated heterocycles. The van der Waals surface area contributed by atoms with Crippen molar-refractivity contribution in [1.82, 2.24) is 4.31 Å². The lowest BCUT2D eigenvalue weighted by Gasteiger charge is -2.17. The number of carbonyl (C=O) groups is 1. The highest BCUT2D eigenvalue weighted by atomic mass is 32.2. The number of benzene rings is 2. The van der Waals surface area contributed by atoms with Crippen LogP contribution in [0.4, 0.5) is 10.1 Å². The fraction of sp³-hybridized carbons (Fsp3) is 0.316. The van der Waals surface area contributed by atoms with Gasteiger partial charge in [0.2, 0.25) is 15.9 Å². The zero-order chi connectivity index (χ0) is 19.3. The largest absolute Gasteiger partial charge is 0.326 e. The normalized spacial score (nSPS) is 11.6. The molecule has 2 aromatic rings. The number of aryl methyl sites for hydroxylation is 1. The third-order valence-electron chi connectivity index (χ3n) is 4.28. The Kier molecular flexibility index (Phi) is 6.50. The molecule has 0 saturated carbocycles. The summed E-state index contributed by atoms with van der Waals surface area (Å²) in [5.41, 5.74) is 2.87. The molecule has 2 aromatic carbocycles. The Morgan fingerprint density at radius 3 is 2.42 bits per heavy atom. The van der Waals surface area contributed by atoms with Gasteiger partial charge in [-0.05, 0) is 61.7 Å². The van der Waals surface area contributed by atoms with E-state index in [-0.39, 0.29) is 23.8 Å². The summed E-state index contributed by atoms with van der Waals surface area (Å²) in [6, 6.07) is 10.4. The van der Waals surface area contributed by atoms with Crippen LogP contribution in [0, 0.1) is 19.7 Å². The molecule has 0 fully saturated rings. The molecule has 2 rings (SSSR count). The number of nitrogens with one attached hydrogen (secondary N) is 1. The van der Waals surface area contributed by atoms with Crippen LogP contribution in [0.15, 0.2) is 47.4 Å². The van der Waals surface area contributed by atoms with Crippen molar-refractivity contribution in [1.29, 1.82) is 0 Å². The number of sulfonamides is 1. The molecule has 26 heavy (non-hydrogen) atoms. The lowest BCUT2D eigenvalue weighted by atomic mass is 10.1. The van der Waals surface area contributed by atoms with Gasteiger partial charge < -0.3 is 5.32 Å². The van der Waals surface area contributed by atoms with Crippen LogP contribution >= 0.6 is 0 Å². The van der Waals surface area contributed by atoms with Crippen molar-refractivity contribution in [2.75, 3.05) is 18.9 Å². The van der Waals surface area contributed by atoms with Gasteiger partial charge in [-0.1, -0.05) is 12.1 Å². The smallest absolute Gasteiger partial charge is 0.242 e. The maximum atomic E-state index is 12.9. The molecular formula is C19H23FN2O3S. The molecule has 0 radical (unpaired) electrons. The molecule has 1 amide bonds. The summed E-state index contributed by atoms with van der Waals surface area (Å²) in [5.74, 6) is -0.652. The van der Waals surface area contributed by atoms with E-state index in [1.807, 2.05) is 32.0 Å². The van der Waals surface area contributed by atoms with Gasteiger partial charge in [0.15, 0.2) is 0 Å². The monoisotopic (exact) mass is 378 g/mol. The van der Waals surface area contributed by atoms with Crippen molar-refractivity contribution in [3.63, 3.8) is 0 Å². The van der Waals surface area contributed by atoms with Gasteiger partial charge in [0, 0.05) is 25.7 Å². The lowest BCUT2D eigenvalue weighted by molar-refractivity contribution is -0.116. The van der Waals surface area contributed by atoms with E-state index in [2.05, 4.69) is 5.32 Å². The first-order chi connectivity index (χ1) is 12.2. The molecule has 0 aromatic heterocycles. The number of halogens is 1. The summed E-state index contributed by atoms with van der Waals surface area (Å²) in [6.45, 7) is 4.11. The molecule has 140 valence electrons. The number of nitrogens with zero attached hydrogens (tertiary/aromatic N) is 1. The van der Waals surface area contributed by atoms with Gasteiger partial charge in [-0.25, -0.2) is 17.1 Å². The average molecular weight is 378 g/mol. The summed E-state index contributed by atoms with van der Waals surface area (Å²) in [7, 11) is -2.24. The first-order valence-corrected chi connectivity index (χ1v) is 9.74. The summed E-state index contributed by atoms with van der Waals surface area (Å²) in [5, 5.41) is 2.85. The fourth-order valence-electron chi connectivity index (χ4n) is 2.47. The van der Waals surface area contributed by atoms with Crippen LogP contribution in [0.3, 0.4) is 0 Å². The molecule has 0 atom stereocenters. The van der Waals surface area contributed by atoms with Crippen LogP contribution in [0.25, 0.3) is 0 Å². The van der Waals surface area contributed by atoms with Crippen molar-refractivity contribution in [3.05, 3.63) is 59.4 Å². The number of anilines is 1. The quantitative estimate of drug-likeness (QED) is 0.802. The highest BCUT2D eigenvalue weighted by Crippen LogP contribution is 2.19. The van der Waals surface area contributed by atoms with Crippen molar-refractivity contribution in [2.24, 2.45) is 0 Å². The second kappa shape index (κ2) is 8.42. The molecule has 0 heterocycles. The maximum absolute atomic E-state index is 12.9. The second-order valence-electron chi connectivity index (χ2n) is 6.18. The van der Waals surface area contributed by atoms with Crippen LogP contribution in [-0.4, -0.2) is 32.2 Å². The Labute approximate surface area is 153 Å². The van der Waals surface area contributed by atoms with E-state index in [1.165, 1.54) is 23.5 Å². The third kappa shape index (κ3) is 4.89. The summed E-state index contributed by atoms with van der Waals surface area (Å²) in [6.07, 6.45) is 0.588. The molecule has 5 nitrogen and oxygen atoms in total. The van der Waals surface area contributed by atoms with Crippen molar-refractivity contribution < 1.29 is 17.6 Å². The Bertz CT molecular complexity index is 880. The number of rotatable bonds is 7. The van der Waals surface area contributed by atoms with Crippen molar-refractivity contribution in [3.8, 4) is 0 Å². The van der Waals surface area contributed by atoms with Crippen LogP contribution in [0.2, 0.25) is 0 Å². The van der Waals surface area contributed by atoms with Gasteiger partial charge in [-0.3, -0.25) is 4.79 Å². The van der Waals surface area contributed by atoms with E-state index >= 15 is 0 Å². The van der Waals surface area contributed by atoms with E-state index in [0.717, 1.165) is 28.9 Å². The molecule has 0 unspecified atom stereocenters. The SMILES string of the molecule is Cc1cccc(NC(=O)CCCN(C)S(=O)(=O)c2ccc(F)cc2)c1C. The van der Waals surface area contributed by atoms with Crippen LogP contribution in [0.5, 0.6) is 0 Å². The Morgan fingerprint density at radius 2 is 1.77 bits per heavy atom. The molecule has 7 heteroatoms. The van der Waals surface area contributed by atoms with E-state index in [4.69, 9.17) is 0 Å². The van der Waals surface area contributed by atoms with Crippen molar-refractivity contribution >= 4 is 21.6 Å². The number of carbonyl (C=O) groups excluding carboxylic acids is 1. The first-order valence-electron chi connectivity index (χ1n) is 8.30. The Morgan fingerprint density at radius 1 is 1.12 bits per heavy atom.